The predicted octanol–water partition coefficient (Wildman–Crippen LogP) is 2.13. The van der Waals surface area contributed by atoms with Crippen LogP contribution in [0.25, 0.3) is 11.3 Å². The first kappa shape index (κ1) is 11.4. The first-order valence-corrected chi connectivity index (χ1v) is 5.17. The van der Waals surface area contributed by atoms with Crippen molar-refractivity contribution in [2.75, 3.05) is 12.8 Å². The number of nitrogens with two attached hydrogens (primary N) is 1. The molecule has 0 saturated carbocycles. The summed E-state index contributed by atoms with van der Waals surface area (Å²) in [7, 11) is 3.19. The lowest BCUT2D eigenvalue weighted by molar-refractivity contribution is 0.383. The van der Waals surface area contributed by atoms with Crippen molar-refractivity contribution in [3.63, 3.8) is 0 Å². The predicted molar refractivity (Wildman–Crippen MR) is 64.3 cm³/mol. The van der Waals surface area contributed by atoms with Crippen LogP contribution in [0, 0.1) is 12.7 Å². The first-order valence-electron chi connectivity index (χ1n) is 5.17. The van der Waals surface area contributed by atoms with E-state index in [2.05, 4.69) is 5.10 Å². The number of nitrogen functional groups attached to an aromatic ring is 1. The maximum absolute atomic E-state index is 13.7. The summed E-state index contributed by atoms with van der Waals surface area (Å²) < 4.78 is 20.2. The van der Waals surface area contributed by atoms with Crippen molar-refractivity contribution < 1.29 is 9.13 Å². The highest BCUT2D eigenvalue weighted by Gasteiger charge is 2.12. The fourth-order valence-corrected chi connectivity index (χ4v) is 1.76. The Labute approximate surface area is 98.8 Å². The molecule has 0 aliphatic carbocycles. The Hall–Kier alpha value is -2.04. The summed E-state index contributed by atoms with van der Waals surface area (Å²) in [5.74, 6) is 0.401. The van der Waals surface area contributed by atoms with Gasteiger partial charge < -0.3 is 10.5 Å². The molecule has 0 spiro atoms. The minimum atomic E-state index is -0.397. The fourth-order valence-electron chi connectivity index (χ4n) is 1.76. The average molecular weight is 235 g/mol. The third-order valence-corrected chi connectivity index (χ3v) is 2.65. The molecule has 2 rings (SSSR count). The van der Waals surface area contributed by atoms with Crippen LogP contribution in [-0.2, 0) is 7.05 Å². The van der Waals surface area contributed by atoms with E-state index in [1.165, 1.54) is 13.2 Å². The second kappa shape index (κ2) is 4.08. The standard InChI is InChI=1S/C12H14FN3O/c1-7-4-8(5-9(13)12(7)17-3)10-6-11(14)16(2)15-10/h4-6H,14H2,1-3H3. The Bertz CT molecular complexity index is 520. The Morgan fingerprint density at radius 1 is 1.35 bits per heavy atom. The molecule has 90 valence electrons. The van der Waals surface area contributed by atoms with Gasteiger partial charge in [0.15, 0.2) is 11.6 Å². The number of rotatable bonds is 2. The maximum Gasteiger partial charge on any atom is 0.165 e. The molecule has 0 unspecified atom stereocenters. The highest BCUT2D eigenvalue weighted by atomic mass is 19.1. The summed E-state index contributed by atoms with van der Waals surface area (Å²) in [6, 6.07) is 4.93. The highest BCUT2D eigenvalue weighted by molar-refractivity contribution is 5.64. The SMILES string of the molecule is COc1c(C)cc(-c2cc(N)n(C)n2)cc1F. The number of aryl methyl sites for hydroxylation is 2. The molecule has 0 aliphatic rings. The van der Waals surface area contributed by atoms with Crippen molar-refractivity contribution in [1.82, 2.24) is 9.78 Å². The molecule has 1 aromatic carbocycles. The van der Waals surface area contributed by atoms with Crippen LogP contribution >= 0.6 is 0 Å². The van der Waals surface area contributed by atoms with E-state index in [1.54, 1.807) is 24.7 Å². The number of halogens is 1. The molecule has 0 amide bonds. The fraction of sp³-hybridized carbons (Fsp3) is 0.250. The lowest BCUT2D eigenvalue weighted by Crippen LogP contribution is -1.97. The third kappa shape index (κ3) is 1.95. The summed E-state index contributed by atoms with van der Waals surface area (Å²) >= 11 is 0. The molecule has 2 aromatic rings. The number of hydrogen-bond acceptors (Lipinski definition) is 3. The molecular weight excluding hydrogens is 221 g/mol. The minimum absolute atomic E-state index is 0.262. The van der Waals surface area contributed by atoms with Crippen LogP contribution in [-0.4, -0.2) is 16.9 Å². The van der Waals surface area contributed by atoms with Crippen LogP contribution in [0.4, 0.5) is 10.2 Å². The van der Waals surface area contributed by atoms with Crippen LogP contribution in [0.2, 0.25) is 0 Å². The monoisotopic (exact) mass is 235 g/mol. The lowest BCUT2D eigenvalue weighted by atomic mass is 10.1. The quantitative estimate of drug-likeness (QED) is 0.867. The van der Waals surface area contributed by atoms with Crippen LogP contribution in [0.15, 0.2) is 18.2 Å². The third-order valence-electron chi connectivity index (χ3n) is 2.65. The molecule has 0 bridgehead atoms. The van der Waals surface area contributed by atoms with E-state index in [0.29, 0.717) is 17.1 Å². The molecule has 1 aromatic heterocycles. The first-order chi connectivity index (χ1) is 8.02. The van der Waals surface area contributed by atoms with Gasteiger partial charge in [0.25, 0.3) is 0 Å². The zero-order valence-electron chi connectivity index (χ0n) is 9.99. The van der Waals surface area contributed by atoms with Gasteiger partial charge in [-0.2, -0.15) is 5.10 Å². The van der Waals surface area contributed by atoms with Crippen molar-refractivity contribution in [3.8, 4) is 17.0 Å². The number of ether oxygens (including phenoxy) is 1. The summed E-state index contributed by atoms with van der Waals surface area (Å²) in [4.78, 5) is 0. The average Bonchev–Trinajstić information content (AvgIpc) is 2.59. The molecule has 0 aliphatic heterocycles. The van der Waals surface area contributed by atoms with Gasteiger partial charge in [0.1, 0.15) is 5.82 Å². The Morgan fingerprint density at radius 2 is 2.06 bits per heavy atom. The molecule has 4 nitrogen and oxygen atoms in total. The number of benzene rings is 1. The molecular formula is C12H14FN3O. The number of methoxy groups -OCH3 is 1. The lowest BCUT2D eigenvalue weighted by Gasteiger charge is -2.07. The van der Waals surface area contributed by atoms with Crippen LogP contribution in [0.3, 0.4) is 0 Å². The van der Waals surface area contributed by atoms with E-state index in [0.717, 1.165) is 5.56 Å². The Balaban J connectivity index is 2.54. The van der Waals surface area contributed by atoms with Gasteiger partial charge in [-0.15, -0.1) is 0 Å². The molecule has 5 heteroatoms. The summed E-state index contributed by atoms with van der Waals surface area (Å²) in [6.45, 7) is 1.79. The maximum atomic E-state index is 13.7. The molecule has 0 radical (unpaired) electrons. The van der Waals surface area contributed by atoms with Crippen LogP contribution in [0.5, 0.6) is 5.75 Å². The van der Waals surface area contributed by atoms with Gasteiger partial charge in [-0.3, -0.25) is 4.68 Å². The smallest absolute Gasteiger partial charge is 0.165 e. The van der Waals surface area contributed by atoms with E-state index in [9.17, 15) is 4.39 Å². The van der Waals surface area contributed by atoms with Gasteiger partial charge in [0.05, 0.1) is 12.8 Å². The molecule has 1 heterocycles. The number of nitrogens with zero attached hydrogens (tertiary/aromatic N) is 2. The molecule has 2 N–H and O–H groups in total. The molecule has 0 saturated heterocycles. The largest absolute Gasteiger partial charge is 0.493 e. The molecule has 0 atom stereocenters. The highest BCUT2D eigenvalue weighted by Crippen LogP contribution is 2.29. The van der Waals surface area contributed by atoms with E-state index < -0.39 is 5.82 Å². The van der Waals surface area contributed by atoms with Gasteiger partial charge in [-0.1, -0.05) is 0 Å². The van der Waals surface area contributed by atoms with Gasteiger partial charge >= 0.3 is 0 Å². The summed E-state index contributed by atoms with van der Waals surface area (Å²) in [6.07, 6.45) is 0. The number of aromatic nitrogens is 2. The van der Waals surface area contributed by atoms with Crippen molar-refractivity contribution in [1.29, 1.82) is 0 Å². The normalized spacial score (nSPS) is 10.6. The Morgan fingerprint density at radius 3 is 2.53 bits per heavy atom. The second-order valence-corrected chi connectivity index (χ2v) is 3.89. The van der Waals surface area contributed by atoms with Crippen LogP contribution in [0.1, 0.15) is 5.56 Å². The summed E-state index contributed by atoms with van der Waals surface area (Å²) in [5, 5.41) is 4.20. The van der Waals surface area contributed by atoms with Crippen molar-refractivity contribution in [2.45, 2.75) is 6.92 Å². The van der Waals surface area contributed by atoms with Gasteiger partial charge in [-0.05, 0) is 24.6 Å². The van der Waals surface area contributed by atoms with E-state index in [1.807, 2.05) is 6.07 Å². The number of anilines is 1. The van der Waals surface area contributed by atoms with Crippen molar-refractivity contribution >= 4 is 5.82 Å². The zero-order chi connectivity index (χ0) is 12.6. The van der Waals surface area contributed by atoms with E-state index in [4.69, 9.17) is 10.5 Å². The summed E-state index contributed by atoms with van der Waals surface area (Å²) in [5.41, 5.74) is 7.76. The zero-order valence-corrected chi connectivity index (χ0v) is 9.99. The Kier molecular flexibility index (Phi) is 2.75. The van der Waals surface area contributed by atoms with Crippen molar-refractivity contribution in [3.05, 3.63) is 29.6 Å². The number of hydrogen-bond donors (Lipinski definition) is 1. The topological polar surface area (TPSA) is 53.1 Å². The van der Waals surface area contributed by atoms with E-state index in [-0.39, 0.29) is 5.75 Å². The van der Waals surface area contributed by atoms with Gasteiger partial charge in [-0.25, -0.2) is 4.39 Å². The molecule has 17 heavy (non-hydrogen) atoms. The van der Waals surface area contributed by atoms with Gasteiger partial charge in [0, 0.05) is 18.7 Å². The van der Waals surface area contributed by atoms with Crippen molar-refractivity contribution in [2.24, 2.45) is 7.05 Å². The second-order valence-electron chi connectivity index (χ2n) is 3.89. The van der Waals surface area contributed by atoms with Gasteiger partial charge in [0.2, 0.25) is 0 Å². The van der Waals surface area contributed by atoms with Crippen LogP contribution < -0.4 is 10.5 Å². The van der Waals surface area contributed by atoms with E-state index >= 15 is 0 Å². The minimum Gasteiger partial charge on any atom is -0.493 e. The molecule has 0 fully saturated rings.